The second-order valence-corrected chi connectivity index (χ2v) is 6.37. The second kappa shape index (κ2) is 7.09. The largest absolute Gasteiger partial charge is 0.353 e. The highest BCUT2D eigenvalue weighted by Crippen LogP contribution is 2.41. The fourth-order valence-electron chi connectivity index (χ4n) is 4.11. The van der Waals surface area contributed by atoms with Gasteiger partial charge in [0, 0.05) is 36.9 Å². The molecule has 5 nitrogen and oxygen atoms in total. The Balaban J connectivity index is 0.000000696. The Morgan fingerprint density at radius 3 is 1.41 bits per heavy atom. The number of imide groups is 1. The predicted molar refractivity (Wildman–Crippen MR) is 126 cm³/mol. The third-order valence-electron chi connectivity index (χ3n) is 5.09. The number of fused-ring (bicyclic) bond motifs is 10. The van der Waals surface area contributed by atoms with Crippen LogP contribution in [0.3, 0.4) is 0 Å². The minimum Gasteiger partial charge on any atom is -0.353 e. The van der Waals surface area contributed by atoms with E-state index in [0.29, 0.717) is 11.1 Å². The third kappa shape index (κ3) is 2.47. The van der Waals surface area contributed by atoms with Crippen LogP contribution in [0.15, 0.2) is 48.5 Å². The molecule has 2 aromatic heterocycles. The van der Waals surface area contributed by atoms with Gasteiger partial charge in [-0.3, -0.25) is 14.9 Å². The summed E-state index contributed by atoms with van der Waals surface area (Å²) >= 11 is 0. The van der Waals surface area contributed by atoms with E-state index in [1.807, 2.05) is 76.2 Å². The van der Waals surface area contributed by atoms with E-state index in [-0.39, 0.29) is 16.1 Å². The van der Waals surface area contributed by atoms with Crippen molar-refractivity contribution in [2.45, 2.75) is 27.7 Å². The maximum atomic E-state index is 12.6. The summed E-state index contributed by atoms with van der Waals surface area (Å²) in [5, 5.41) is 5.96. The number of amides is 2. The molecular formula is C24H29N3O2. The van der Waals surface area contributed by atoms with Crippen molar-refractivity contribution in [2.75, 3.05) is 0 Å². The molecule has 0 radical (unpaired) electrons. The number of nitrogens with one attached hydrogen (secondary N) is 3. The molecule has 1 aliphatic rings. The molecular weight excluding hydrogens is 362 g/mol. The molecule has 152 valence electrons. The van der Waals surface area contributed by atoms with Crippen LogP contribution < -0.4 is 5.32 Å². The zero-order valence-electron chi connectivity index (χ0n) is 16.9. The number of benzene rings is 3. The van der Waals surface area contributed by atoms with E-state index in [9.17, 15) is 9.59 Å². The van der Waals surface area contributed by atoms with Gasteiger partial charge in [0.1, 0.15) is 0 Å². The highest BCUT2D eigenvalue weighted by Gasteiger charge is 2.34. The molecule has 0 fully saturated rings. The van der Waals surface area contributed by atoms with E-state index in [1.54, 1.807) is 0 Å². The topological polar surface area (TPSA) is 77.8 Å². The van der Waals surface area contributed by atoms with Crippen molar-refractivity contribution in [1.29, 1.82) is 0 Å². The number of H-pyrrole nitrogens is 2. The van der Waals surface area contributed by atoms with Crippen LogP contribution in [0.2, 0.25) is 0 Å². The van der Waals surface area contributed by atoms with Gasteiger partial charge < -0.3 is 9.97 Å². The summed E-state index contributed by atoms with van der Waals surface area (Å²) in [6.07, 6.45) is 0. The zero-order valence-corrected chi connectivity index (χ0v) is 16.9. The number of carbonyl (C=O) groups excluding carboxylic acids is 2. The average molecular weight is 392 g/mol. The van der Waals surface area contributed by atoms with Crippen LogP contribution in [0.5, 0.6) is 0 Å². The molecule has 0 bridgehead atoms. The van der Waals surface area contributed by atoms with E-state index in [1.165, 1.54) is 0 Å². The minimum atomic E-state index is -0.332. The normalized spacial score (nSPS) is 12.6. The Bertz CT molecular complexity index is 1310. The van der Waals surface area contributed by atoms with Crippen LogP contribution in [0.1, 0.15) is 52.7 Å². The molecule has 3 heterocycles. The molecule has 5 heteroatoms. The molecule has 2 amide bonds. The van der Waals surface area contributed by atoms with Crippen LogP contribution in [0.25, 0.3) is 43.6 Å². The number of hydrogen-bond acceptors (Lipinski definition) is 2. The van der Waals surface area contributed by atoms with Crippen molar-refractivity contribution in [3.8, 4) is 0 Å². The number of aromatic nitrogens is 2. The van der Waals surface area contributed by atoms with Crippen LogP contribution >= 0.6 is 0 Å². The third-order valence-corrected chi connectivity index (χ3v) is 5.09. The summed E-state index contributed by atoms with van der Waals surface area (Å²) < 4.78 is 0. The molecule has 0 atom stereocenters. The molecule has 0 unspecified atom stereocenters. The van der Waals surface area contributed by atoms with Gasteiger partial charge in [0.05, 0.1) is 22.2 Å². The summed E-state index contributed by atoms with van der Waals surface area (Å²) in [6, 6.07) is 15.7. The first-order chi connectivity index (χ1) is 14.2. The van der Waals surface area contributed by atoms with Gasteiger partial charge in [-0.05, 0) is 12.1 Å². The first kappa shape index (κ1) is 18.7. The number of carbonyl (C=O) groups is 2. The van der Waals surface area contributed by atoms with Gasteiger partial charge in [-0.15, -0.1) is 0 Å². The maximum absolute atomic E-state index is 12.6. The van der Waals surface area contributed by atoms with E-state index in [4.69, 9.17) is 0 Å². The quantitative estimate of drug-likeness (QED) is 0.259. The SMILES string of the molecule is CC.CC.O=C1NC(=O)c2c1c1c3ccccc3[nH]c1c1[nH]c3ccccc3c21.[HH].[HH].[HH]. The Morgan fingerprint density at radius 1 is 0.621 bits per heavy atom. The molecule has 6 rings (SSSR count). The molecule has 29 heavy (non-hydrogen) atoms. The number of rotatable bonds is 0. The van der Waals surface area contributed by atoms with E-state index >= 15 is 0 Å². The lowest BCUT2D eigenvalue weighted by molar-refractivity contribution is 0.0880. The standard InChI is InChI=1S/C20H11N3O2.2C2H6.3H2/c24-19-15-13-9-5-1-3-7-11(9)21-17(13)18-14(16(15)20(25)23-19)10-6-2-4-8-12(10)22-18;2*1-2;;;/h1-8,21-22H,(H,23,24,25);2*1-2H3;3*1H. The van der Waals surface area contributed by atoms with Gasteiger partial charge >= 0.3 is 0 Å². The molecule has 3 N–H and O–H groups in total. The van der Waals surface area contributed by atoms with Crippen LogP contribution in [-0.4, -0.2) is 21.8 Å². The second-order valence-electron chi connectivity index (χ2n) is 6.37. The summed E-state index contributed by atoms with van der Waals surface area (Å²) in [5.41, 5.74) is 4.53. The van der Waals surface area contributed by atoms with E-state index < -0.39 is 0 Å². The van der Waals surface area contributed by atoms with Crippen molar-refractivity contribution >= 4 is 55.4 Å². The van der Waals surface area contributed by atoms with Crippen molar-refractivity contribution in [1.82, 2.24) is 15.3 Å². The zero-order chi connectivity index (χ0) is 20.7. The molecule has 0 saturated carbocycles. The Hall–Kier alpha value is -3.60. The minimum absolute atomic E-state index is 0. The Labute approximate surface area is 172 Å². The highest BCUT2D eigenvalue weighted by molar-refractivity contribution is 6.39. The molecule has 5 aromatic rings. The lowest BCUT2D eigenvalue weighted by Gasteiger charge is -2.02. The van der Waals surface area contributed by atoms with E-state index in [2.05, 4.69) is 15.3 Å². The van der Waals surface area contributed by atoms with Crippen LogP contribution in [0, 0.1) is 0 Å². The smallest absolute Gasteiger partial charge is 0.259 e. The van der Waals surface area contributed by atoms with Gasteiger partial charge in [0.2, 0.25) is 0 Å². The number of aromatic amines is 2. The van der Waals surface area contributed by atoms with Crippen LogP contribution in [-0.2, 0) is 0 Å². The van der Waals surface area contributed by atoms with Crippen molar-refractivity contribution < 1.29 is 13.9 Å². The molecule has 0 spiro atoms. The number of para-hydroxylation sites is 2. The summed E-state index contributed by atoms with van der Waals surface area (Å²) in [5.74, 6) is -0.663. The van der Waals surface area contributed by atoms with Gasteiger partial charge in [-0.25, -0.2) is 0 Å². The van der Waals surface area contributed by atoms with Gasteiger partial charge in [-0.1, -0.05) is 64.1 Å². The average Bonchev–Trinajstić information content (AvgIpc) is 3.42. The van der Waals surface area contributed by atoms with Gasteiger partial charge in [0.15, 0.2) is 0 Å². The Kier molecular flexibility index (Phi) is 4.59. The lowest BCUT2D eigenvalue weighted by atomic mass is 9.97. The van der Waals surface area contributed by atoms with Crippen molar-refractivity contribution in [3.05, 3.63) is 59.7 Å². The number of hydrogen-bond donors (Lipinski definition) is 3. The Morgan fingerprint density at radius 2 is 1.00 bits per heavy atom. The first-order valence-corrected chi connectivity index (χ1v) is 10.1. The molecule has 1 aliphatic heterocycles. The predicted octanol–water partition coefficient (Wildman–Crippen LogP) is 6.63. The highest BCUT2D eigenvalue weighted by atomic mass is 16.2. The fraction of sp³-hybridized carbons (Fsp3) is 0.167. The fourth-order valence-corrected chi connectivity index (χ4v) is 4.11. The van der Waals surface area contributed by atoms with Crippen molar-refractivity contribution in [2.24, 2.45) is 0 Å². The summed E-state index contributed by atoms with van der Waals surface area (Å²) in [6.45, 7) is 8.00. The summed E-state index contributed by atoms with van der Waals surface area (Å²) in [7, 11) is 0. The lowest BCUT2D eigenvalue weighted by Crippen LogP contribution is -2.20. The van der Waals surface area contributed by atoms with Gasteiger partial charge in [0.25, 0.3) is 11.8 Å². The monoisotopic (exact) mass is 391 g/mol. The van der Waals surface area contributed by atoms with E-state index in [0.717, 1.165) is 43.6 Å². The molecule has 3 aromatic carbocycles. The summed E-state index contributed by atoms with van der Waals surface area (Å²) in [4.78, 5) is 32.0. The maximum Gasteiger partial charge on any atom is 0.259 e. The van der Waals surface area contributed by atoms with Crippen LogP contribution in [0.4, 0.5) is 0 Å². The first-order valence-electron chi connectivity index (χ1n) is 10.1. The van der Waals surface area contributed by atoms with Crippen molar-refractivity contribution in [3.63, 3.8) is 0 Å². The molecule has 0 aliphatic carbocycles. The van der Waals surface area contributed by atoms with Gasteiger partial charge in [-0.2, -0.15) is 0 Å². The molecule has 0 saturated heterocycles.